The molecule has 86 valence electrons. The SMILES string of the molecule is CC(C)(C)c1cc(C=CC(N)=O)ccc1O. The van der Waals surface area contributed by atoms with Crippen LogP contribution in [0.5, 0.6) is 5.75 Å². The summed E-state index contributed by atoms with van der Waals surface area (Å²) in [5, 5.41) is 9.73. The molecule has 0 aliphatic carbocycles. The molecule has 16 heavy (non-hydrogen) atoms. The summed E-state index contributed by atoms with van der Waals surface area (Å²) in [6, 6.07) is 5.22. The minimum atomic E-state index is -0.481. The summed E-state index contributed by atoms with van der Waals surface area (Å²) >= 11 is 0. The van der Waals surface area contributed by atoms with Crippen LogP contribution in [-0.2, 0) is 10.2 Å². The van der Waals surface area contributed by atoms with E-state index in [1.165, 1.54) is 6.08 Å². The summed E-state index contributed by atoms with van der Waals surface area (Å²) in [6.45, 7) is 6.05. The Morgan fingerprint density at radius 1 is 1.38 bits per heavy atom. The van der Waals surface area contributed by atoms with Crippen LogP contribution in [0.1, 0.15) is 31.9 Å². The number of carbonyl (C=O) groups excluding carboxylic acids is 1. The molecule has 1 rings (SSSR count). The Hall–Kier alpha value is -1.77. The van der Waals surface area contributed by atoms with Gasteiger partial charge in [0.2, 0.25) is 5.91 Å². The second-order valence-electron chi connectivity index (χ2n) is 4.76. The largest absolute Gasteiger partial charge is 0.508 e. The highest BCUT2D eigenvalue weighted by atomic mass is 16.3. The number of hydrogen-bond acceptors (Lipinski definition) is 2. The van der Waals surface area contributed by atoms with E-state index in [0.29, 0.717) is 0 Å². The summed E-state index contributed by atoms with van der Waals surface area (Å²) < 4.78 is 0. The molecule has 1 amide bonds. The van der Waals surface area contributed by atoms with Gasteiger partial charge in [0.25, 0.3) is 0 Å². The van der Waals surface area contributed by atoms with Crippen molar-refractivity contribution in [3.8, 4) is 5.75 Å². The van der Waals surface area contributed by atoms with E-state index in [1.807, 2.05) is 26.8 Å². The van der Waals surface area contributed by atoms with E-state index in [1.54, 1.807) is 18.2 Å². The predicted molar refractivity (Wildman–Crippen MR) is 65.0 cm³/mol. The molecule has 1 aromatic rings. The summed E-state index contributed by atoms with van der Waals surface area (Å²) in [7, 11) is 0. The molecule has 0 fully saturated rings. The highest BCUT2D eigenvalue weighted by molar-refractivity contribution is 5.90. The van der Waals surface area contributed by atoms with Gasteiger partial charge in [0.05, 0.1) is 0 Å². The molecule has 0 saturated carbocycles. The Bertz CT molecular complexity index is 428. The van der Waals surface area contributed by atoms with Crippen molar-refractivity contribution in [3.63, 3.8) is 0 Å². The van der Waals surface area contributed by atoms with Crippen molar-refractivity contribution in [1.82, 2.24) is 0 Å². The molecule has 0 aliphatic rings. The van der Waals surface area contributed by atoms with E-state index in [0.717, 1.165) is 11.1 Å². The quantitative estimate of drug-likeness (QED) is 0.749. The van der Waals surface area contributed by atoms with E-state index in [-0.39, 0.29) is 11.2 Å². The van der Waals surface area contributed by atoms with Crippen molar-refractivity contribution in [2.24, 2.45) is 5.73 Å². The molecule has 0 aromatic heterocycles. The molecule has 0 heterocycles. The molecule has 0 bridgehead atoms. The first-order valence-corrected chi connectivity index (χ1v) is 5.12. The third-order valence-electron chi connectivity index (χ3n) is 2.27. The van der Waals surface area contributed by atoms with Crippen LogP contribution in [0.25, 0.3) is 6.08 Å². The van der Waals surface area contributed by atoms with Crippen molar-refractivity contribution >= 4 is 12.0 Å². The molecule has 3 heteroatoms. The molecular formula is C13H17NO2. The van der Waals surface area contributed by atoms with Crippen LogP contribution in [0.4, 0.5) is 0 Å². The van der Waals surface area contributed by atoms with E-state index < -0.39 is 5.91 Å². The van der Waals surface area contributed by atoms with E-state index in [4.69, 9.17) is 5.73 Å². The zero-order valence-corrected chi connectivity index (χ0v) is 9.82. The van der Waals surface area contributed by atoms with Crippen LogP contribution in [0.3, 0.4) is 0 Å². The van der Waals surface area contributed by atoms with Crippen LogP contribution in [-0.4, -0.2) is 11.0 Å². The fourth-order valence-corrected chi connectivity index (χ4v) is 1.44. The number of hydrogen-bond donors (Lipinski definition) is 2. The molecule has 3 nitrogen and oxygen atoms in total. The van der Waals surface area contributed by atoms with Gasteiger partial charge in [-0.25, -0.2) is 0 Å². The maximum Gasteiger partial charge on any atom is 0.241 e. The number of carbonyl (C=O) groups is 1. The maximum absolute atomic E-state index is 10.6. The van der Waals surface area contributed by atoms with Crippen LogP contribution >= 0.6 is 0 Å². The van der Waals surface area contributed by atoms with Gasteiger partial charge in [-0.1, -0.05) is 26.8 Å². The number of phenols is 1. The monoisotopic (exact) mass is 219 g/mol. The second kappa shape index (κ2) is 4.39. The first-order chi connectivity index (χ1) is 7.30. The Kier molecular flexibility index (Phi) is 3.38. The van der Waals surface area contributed by atoms with E-state index in [2.05, 4.69) is 0 Å². The highest BCUT2D eigenvalue weighted by Gasteiger charge is 2.17. The normalized spacial score (nSPS) is 11.9. The molecule has 0 spiro atoms. The van der Waals surface area contributed by atoms with Gasteiger partial charge >= 0.3 is 0 Å². The average molecular weight is 219 g/mol. The first kappa shape index (κ1) is 12.3. The van der Waals surface area contributed by atoms with Crippen molar-refractivity contribution in [1.29, 1.82) is 0 Å². The summed E-state index contributed by atoms with van der Waals surface area (Å²) in [4.78, 5) is 10.6. The summed E-state index contributed by atoms with van der Waals surface area (Å²) in [6.07, 6.45) is 2.94. The Labute approximate surface area is 95.6 Å². The molecule has 0 unspecified atom stereocenters. The standard InChI is InChI=1S/C13H17NO2/c1-13(2,3)10-8-9(4-6-11(10)15)5-7-12(14)16/h4-8,15H,1-3H3,(H2,14,16). The third-order valence-corrected chi connectivity index (χ3v) is 2.27. The molecular weight excluding hydrogens is 202 g/mol. The van der Waals surface area contributed by atoms with E-state index in [9.17, 15) is 9.90 Å². The lowest BCUT2D eigenvalue weighted by Crippen LogP contribution is -2.11. The molecule has 1 aromatic carbocycles. The van der Waals surface area contributed by atoms with Gasteiger partial charge < -0.3 is 10.8 Å². The number of phenolic OH excluding ortho intramolecular Hbond substituents is 1. The lowest BCUT2D eigenvalue weighted by molar-refractivity contribution is -0.113. The van der Waals surface area contributed by atoms with Gasteiger partial charge in [-0.2, -0.15) is 0 Å². The fraction of sp³-hybridized carbons (Fsp3) is 0.308. The molecule has 0 saturated heterocycles. The molecule has 3 N–H and O–H groups in total. The number of benzene rings is 1. The van der Waals surface area contributed by atoms with Crippen molar-refractivity contribution in [3.05, 3.63) is 35.4 Å². The molecule has 0 aliphatic heterocycles. The zero-order valence-electron chi connectivity index (χ0n) is 9.82. The number of rotatable bonds is 2. The molecule has 0 atom stereocenters. The lowest BCUT2D eigenvalue weighted by atomic mass is 9.85. The van der Waals surface area contributed by atoms with Gasteiger partial charge in [-0.05, 0) is 34.8 Å². The van der Waals surface area contributed by atoms with Crippen LogP contribution in [0, 0.1) is 0 Å². The maximum atomic E-state index is 10.6. The average Bonchev–Trinajstić information content (AvgIpc) is 2.14. The summed E-state index contributed by atoms with van der Waals surface area (Å²) in [5.74, 6) is -0.214. The number of primary amides is 1. The lowest BCUT2D eigenvalue weighted by Gasteiger charge is -2.20. The fourth-order valence-electron chi connectivity index (χ4n) is 1.44. The van der Waals surface area contributed by atoms with Crippen LogP contribution < -0.4 is 5.73 Å². The number of amides is 1. The number of aromatic hydroxyl groups is 1. The van der Waals surface area contributed by atoms with E-state index >= 15 is 0 Å². The Balaban J connectivity index is 3.13. The van der Waals surface area contributed by atoms with Gasteiger partial charge in [0.1, 0.15) is 5.75 Å². The van der Waals surface area contributed by atoms with Gasteiger partial charge in [0, 0.05) is 6.08 Å². The van der Waals surface area contributed by atoms with Gasteiger partial charge in [-0.15, -0.1) is 0 Å². The highest BCUT2D eigenvalue weighted by Crippen LogP contribution is 2.31. The molecule has 0 radical (unpaired) electrons. The van der Waals surface area contributed by atoms with Crippen LogP contribution in [0.15, 0.2) is 24.3 Å². The zero-order chi connectivity index (χ0) is 12.3. The summed E-state index contributed by atoms with van der Waals surface area (Å²) in [5.41, 5.74) is 6.58. The predicted octanol–water partition coefficient (Wildman–Crippen LogP) is 2.19. The van der Waals surface area contributed by atoms with Crippen molar-refractivity contribution in [2.45, 2.75) is 26.2 Å². The third kappa shape index (κ3) is 3.12. The second-order valence-corrected chi connectivity index (χ2v) is 4.76. The van der Waals surface area contributed by atoms with Gasteiger partial charge in [-0.3, -0.25) is 4.79 Å². The smallest absolute Gasteiger partial charge is 0.241 e. The van der Waals surface area contributed by atoms with Gasteiger partial charge in [0.15, 0.2) is 0 Å². The minimum Gasteiger partial charge on any atom is -0.508 e. The topological polar surface area (TPSA) is 63.3 Å². The van der Waals surface area contributed by atoms with Crippen molar-refractivity contribution in [2.75, 3.05) is 0 Å². The number of nitrogens with two attached hydrogens (primary N) is 1. The van der Waals surface area contributed by atoms with Crippen molar-refractivity contribution < 1.29 is 9.90 Å². The Morgan fingerprint density at radius 3 is 2.50 bits per heavy atom. The van der Waals surface area contributed by atoms with Crippen LogP contribution in [0.2, 0.25) is 0 Å². The minimum absolute atomic E-state index is 0.138. The Morgan fingerprint density at radius 2 is 2.00 bits per heavy atom. The first-order valence-electron chi connectivity index (χ1n) is 5.12.